The Morgan fingerprint density at radius 3 is 2.68 bits per heavy atom. The normalized spacial score (nSPS) is 11.8. The molecular weight excluding hydrogens is 430 g/mol. The molecule has 0 aliphatic rings. The second-order valence-corrected chi connectivity index (χ2v) is 8.84. The van der Waals surface area contributed by atoms with Gasteiger partial charge in [-0.1, -0.05) is 60.3 Å². The summed E-state index contributed by atoms with van der Waals surface area (Å²) in [6.45, 7) is 2.04. The van der Waals surface area contributed by atoms with Crippen molar-refractivity contribution >= 4 is 40.5 Å². The molecule has 1 atom stereocenters. The van der Waals surface area contributed by atoms with Crippen LogP contribution in [0.25, 0.3) is 0 Å². The molecule has 4 rings (SSSR count). The molecule has 0 spiro atoms. The number of rotatable bonds is 8. The summed E-state index contributed by atoms with van der Waals surface area (Å²) in [4.78, 5) is 26.1. The Balaban J connectivity index is 1.59. The fraction of sp³-hybridized carbons (Fsp3) is 0.136. The number of ketones is 1. The molecule has 2 aromatic carbocycles. The van der Waals surface area contributed by atoms with E-state index in [1.54, 1.807) is 40.3 Å². The van der Waals surface area contributed by atoms with Crippen LogP contribution in [-0.4, -0.2) is 31.9 Å². The van der Waals surface area contributed by atoms with Gasteiger partial charge in [0, 0.05) is 16.1 Å². The molecule has 9 heteroatoms. The van der Waals surface area contributed by atoms with Crippen LogP contribution in [0.15, 0.2) is 77.3 Å². The lowest BCUT2D eigenvalue weighted by Gasteiger charge is -2.17. The third kappa shape index (κ3) is 5.25. The molecule has 0 fully saturated rings. The Labute approximate surface area is 187 Å². The van der Waals surface area contributed by atoms with Crippen molar-refractivity contribution in [3.05, 3.63) is 88.1 Å². The molecule has 2 heterocycles. The summed E-state index contributed by atoms with van der Waals surface area (Å²) in [7, 11) is 0. The Morgan fingerprint density at radius 2 is 1.94 bits per heavy atom. The molecule has 0 saturated heterocycles. The van der Waals surface area contributed by atoms with Gasteiger partial charge in [-0.3, -0.25) is 9.59 Å². The molecule has 0 saturated carbocycles. The van der Waals surface area contributed by atoms with E-state index in [-0.39, 0.29) is 11.7 Å². The number of anilines is 1. The van der Waals surface area contributed by atoms with Gasteiger partial charge in [0.2, 0.25) is 11.1 Å². The zero-order valence-electron chi connectivity index (χ0n) is 16.6. The van der Waals surface area contributed by atoms with Gasteiger partial charge in [-0.05, 0) is 46.5 Å². The van der Waals surface area contributed by atoms with Crippen molar-refractivity contribution in [1.82, 2.24) is 20.2 Å². The lowest BCUT2D eigenvalue weighted by molar-refractivity contribution is -0.115. The first kappa shape index (κ1) is 21.0. The molecule has 1 N–H and O–H groups in total. The van der Waals surface area contributed by atoms with Crippen LogP contribution in [0.5, 0.6) is 0 Å². The highest BCUT2D eigenvalue weighted by molar-refractivity contribution is 8.00. The number of carbonyl (C=O) groups is 2. The molecule has 156 valence electrons. The summed E-state index contributed by atoms with van der Waals surface area (Å²) in [6, 6.07) is 20.4. The number of thiophene rings is 1. The summed E-state index contributed by atoms with van der Waals surface area (Å²) in [5, 5.41) is 16.9. The van der Waals surface area contributed by atoms with Crippen LogP contribution in [-0.2, 0) is 11.3 Å². The molecule has 0 bridgehead atoms. The molecule has 2 aromatic heterocycles. The van der Waals surface area contributed by atoms with Gasteiger partial charge >= 0.3 is 0 Å². The van der Waals surface area contributed by atoms with Gasteiger partial charge in [0.15, 0.2) is 5.78 Å². The number of benzene rings is 2. The predicted molar refractivity (Wildman–Crippen MR) is 121 cm³/mol. The minimum absolute atomic E-state index is 0.0576. The van der Waals surface area contributed by atoms with Crippen LogP contribution in [0.4, 0.5) is 5.69 Å². The molecule has 4 aromatic rings. The first-order valence-corrected chi connectivity index (χ1v) is 11.3. The molecule has 1 amide bonds. The first-order valence-electron chi connectivity index (χ1n) is 9.52. The monoisotopic (exact) mass is 449 g/mol. The van der Waals surface area contributed by atoms with E-state index >= 15 is 0 Å². The quantitative estimate of drug-likeness (QED) is 0.316. The second kappa shape index (κ2) is 9.67. The number of thioether (sulfide) groups is 1. The predicted octanol–water partition coefficient (Wildman–Crippen LogP) is 4.46. The number of tetrazole rings is 1. The van der Waals surface area contributed by atoms with Crippen molar-refractivity contribution in [1.29, 1.82) is 0 Å². The summed E-state index contributed by atoms with van der Waals surface area (Å²) in [5.41, 5.74) is 1.94. The van der Waals surface area contributed by atoms with Crippen LogP contribution in [0.2, 0.25) is 0 Å². The summed E-state index contributed by atoms with van der Waals surface area (Å²) in [5.74, 6) is -0.277. The lowest BCUT2D eigenvalue weighted by atomic mass is 10.1. The van der Waals surface area contributed by atoms with Crippen molar-refractivity contribution in [2.24, 2.45) is 0 Å². The fourth-order valence-electron chi connectivity index (χ4n) is 2.96. The van der Waals surface area contributed by atoms with E-state index in [9.17, 15) is 9.59 Å². The third-order valence-electron chi connectivity index (χ3n) is 4.49. The van der Waals surface area contributed by atoms with Gasteiger partial charge in [0.1, 0.15) is 5.25 Å². The van der Waals surface area contributed by atoms with E-state index in [2.05, 4.69) is 20.8 Å². The van der Waals surface area contributed by atoms with Crippen LogP contribution >= 0.6 is 23.1 Å². The Hall–Kier alpha value is -3.30. The van der Waals surface area contributed by atoms with E-state index < -0.39 is 5.25 Å². The molecule has 31 heavy (non-hydrogen) atoms. The Morgan fingerprint density at radius 1 is 1.10 bits per heavy atom. The van der Waals surface area contributed by atoms with E-state index in [0.717, 1.165) is 10.4 Å². The minimum Gasteiger partial charge on any atom is -0.325 e. The number of amides is 1. The summed E-state index contributed by atoms with van der Waals surface area (Å²) in [6.07, 6.45) is 0. The zero-order valence-corrected chi connectivity index (χ0v) is 18.3. The molecule has 0 unspecified atom stereocenters. The number of nitrogens with zero attached hydrogens (tertiary/aromatic N) is 4. The van der Waals surface area contributed by atoms with Gasteiger partial charge < -0.3 is 5.32 Å². The van der Waals surface area contributed by atoms with Crippen molar-refractivity contribution in [3.8, 4) is 0 Å². The molecular formula is C22H19N5O2S2. The standard InChI is InChI=1S/C22H19N5O2S2/c1-15(28)17-9-5-10-18(13-17)23-21(29)20(16-7-3-2-4-8-16)31-22-24-25-26-27(22)14-19-11-6-12-30-19/h2-13,20H,14H2,1H3,(H,23,29)/t20-/m1/s1. The lowest BCUT2D eigenvalue weighted by Crippen LogP contribution is -2.20. The van der Waals surface area contributed by atoms with Crippen LogP contribution in [0.3, 0.4) is 0 Å². The molecule has 0 aliphatic carbocycles. The number of hydrogen-bond acceptors (Lipinski definition) is 7. The summed E-state index contributed by atoms with van der Waals surface area (Å²) < 4.78 is 1.69. The fourth-order valence-corrected chi connectivity index (χ4v) is 4.62. The average molecular weight is 450 g/mol. The maximum atomic E-state index is 13.3. The summed E-state index contributed by atoms with van der Waals surface area (Å²) >= 11 is 2.91. The minimum atomic E-state index is -0.574. The topological polar surface area (TPSA) is 89.8 Å². The zero-order chi connectivity index (χ0) is 21.6. The average Bonchev–Trinajstić information content (AvgIpc) is 3.45. The maximum absolute atomic E-state index is 13.3. The Bertz CT molecular complexity index is 1180. The largest absolute Gasteiger partial charge is 0.325 e. The Kier molecular flexibility index (Phi) is 6.54. The van der Waals surface area contributed by atoms with Crippen LogP contribution in [0, 0.1) is 0 Å². The van der Waals surface area contributed by atoms with Crippen molar-refractivity contribution in [2.75, 3.05) is 5.32 Å². The molecule has 7 nitrogen and oxygen atoms in total. The smallest absolute Gasteiger partial charge is 0.242 e. The highest BCUT2D eigenvalue weighted by Gasteiger charge is 2.25. The van der Waals surface area contributed by atoms with E-state index in [1.807, 2.05) is 47.8 Å². The number of nitrogens with one attached hydrogen (secondary N) is 1. The molecule has 0 radical (unpaired) electrons. The maximum Gasteiger partial charge on any atom is 0.242 e. The van der Waals surface area contributed by atoms with E-state index in [0.29, 0.717) is 23.0 Å². The number of carbonyl (C=O) groups excluding carboxylic acids is 2. The number of aromatic nitrogens is 4. The van der Waals surface area contributed by atoms with Crippen LogP contribution < -0.4 is 5.32 Å². The van der Waals surface area contributed by atoms with E-state index in [4.69, 9.17) is 0 Å². The van der Waals surface area contributed by atoms with Crippen molar-refractivity contribution in [3.63, 3.8) is 0 Å². The van der Waals surface area contributed by atoms with Gasteiger partial charge in [-0.15, -0.1) is 16.4 Å². The van der Waals surface area contributed by atoms with Crippen molar-refractivity contribution in [2.45, 2.75) is 23.9 Å². The van der Waals surface area contributed by atoms with Gasteiger partial charge in [0.05, 0.1) is 6.54 Å². The first-order chi connectivity index (χ1) is 15.1. The van der Waals surface area contributed by atoms with Gasteiger partial charge in [-0.25, -0.2) is 4.68 Å². The highest BCUT2D eigenvalue weighted by atomic mass is 32.2. The van der Waals surface area contributed by atoms with Gasteiger partial charge in [-0.2, -0.15) is 0 Å². The number of hydrogen-bond donors (Lipinski definition) is 1. The molecule has 0 aliphatic heterocycles. The van der Waals surface area contributed by atoms with Gasteiger partial charge in [0.25, 0.3) is 0 Å². The SMILES string of the molecule is CC(=O)c1cccc(NC(=O)[C@H](Sc2nnnn2Cc2cccs2)c2ccccc2)c1. The van der Waals surface area contributed by atoms with Crippen molar-refractivity contribution < 1.29 is 9.59 Å². The van der Waals surface area contributed by atoms with Crippen LogP contribution in [0.1, 0.15) is 33.0 Å². The third-order valence-corrected chi connectivity index (χ3v) is 6.57. The second-order valence-electron chi connectivity index (χ2n) is 6.73. The van der Waals surface area contributed by atoms with E-state index in [1.165, 1.54) is 18.7 Å². The number of Topliss-reactive ketones (excluding diaryl/α,β-unsaturated/α-hetero) is 1. The highest BCUT2D eigenvalue weighted by Crippen LogP contribution is 2.35.